The fourth-order valence-corrected chi connectivity index (χ4v) is 3.21. The fraction of sp³-hybridized carbons (Fsp3) is 0.235. The molecule has 1 N–H and O–H groups in total. The third kappa shape index (κ3) is 4.16. The number of aromatic nitrogens is 3. The van der Waals surface area contributed by atoms with Gasteiger partial charge in [0.1, 0.15) is 0 Å². The lowest BCUT2D eigenvalue weighted by Crippen LogP contribution is -2.31. The molecule has 2 heterocycles. The number of benzene rings is 1. The molecule has 1 atom stereocenters. The van der Waals surface area contributed by atoms with Crippen LogP contribution in [0.2, 0.25) is 0 Å². The zero-order chi connectivity index (χ0) is 18.7. The van der Waals surface area contributed by atoms with Crippen molar-refractivity contribution in [2.45, 2.75) is 29.8 Å². The quantitative estimate of drug-likeness (QED) is 0.688. The number of nitrogens with one attached hydrogen (secondary N) is 1. The van der Waals surface area contributed by atoms with Gasteiger partial charge in [0.2, 0.25) is 5.91 Å². The summed E-state index contributed by atoms with van der Waals surface area (Å²) in [6.45, 7) is 1.75. The van der Waals surface area contributed by atoms with Crippen molar-refractivity contribution in [1.29, 1.82) is 0 Å². The highest BCUT2D eigenvalue weighted by Gasteiger charge is 2.31. The van der Waals surface area contributed by atoms with Gasteiger partial charge < -0.3 is 5.32 Å². The molecular formula is C17H15F3N4OS. The van der Waals surface area contributed by atoms with Gasteiger partial charge in [-0.05, 0) is 31.2 Å². The minimum absolute atomic E-state index is 0.0129. The lowest BCUT2D eigenvalue weighted by atomic mass is 10.3. The second kappa shape index (κ2) is 7.36. The van der Waals surface area contributed by atoms with E-state index in [9.17, 15) is 18.0 Å². The molecule has 3 aromatic rings. The molecule has 0 aliphatic rings. The second-order valence-corrected chi connectivity index (χ2v) is 6.97. The molecule has 0 saturated heterocycles. The summed E-state index contributed by atoms with van der Waals surface area (Å²) < 4.78 is 39.8. The van der Waals surface area contributed by atoms with Crippen LogP contribution < -0.4 is 5.32 Å². The first-order valence-corrected chi connectivity index (χ1v) is 8.63. The predicted molar refractivity (Wildman–Crippen MR) is 91.6 cm³/mol. The molecule has 2 aromatic heterocycles. The number of amides is 1. The summed E-state index contributed by atoms with van der Waals surface area (Å²) in [5.74, 6) is -0.000981. The van der Waals surface area contributed by atoms with Crippen LogP contribution in [0.1, 0.15) is 18.3 Å². The molecule has 0 spiro atoms. The first-order valence-electron chi connectivity index (χ1n) is 7.75. The van der Waals surface area contributed by atoms with E-state index in [0.717, 1.165) is 17.2 Å². The molecule has 0 bridgehead atoms. The molecule has 26 heavy (non-hydrogen) atoms. The van der Waals surface area contributed by atoms with Crippen molar-refractivity contribution in [2.24, 2.45) is 0 Å². The van der Waals surface area contributed by atoms with Crippen molar-refractivity contribution in [3.8, 4) is 0 Å². The van der Waals surface area contributed by atoms with E-state index in [4.69, 9.17) is 0 Å². The number of nitrogens with zero attached hydrogens (tertiary/aromatic N) is 3. The van der Waals surface area contributed by atoms with Crippen LogP contribution in [0, 0.1) is 0 Å². The normalized spacial score (nSPS) is 12.9. The number of halogens is 3. The highest BCUT2D eigenvalue weighted by atomic mass is 32.2. The molecular weight excluding hydrogens is 365 g/mol. The van der Waals surface area contributed by atoms with E-state index in [1.165, 1.54) is 22.2 Å². The number of thioether (sulfide) groups is 1. The number of carbonyl (C=O) groups excluding carboxylic acids is 1. The van der Waals surface area contributed by atoms with Crippen molar-refractivity contribution >= 4 is 23.3 Å². The average Bonchev–Trinajstić information content (AvgIpc) is 3.02. The second-order valence-electron chi connectivity index (χ2n) is 5.55. The molecule has 136 valence electrons. The number of fused-ring (bicyclic) bond motifs is 1. The molecule has 1 amide bonds. The van der Waals surface area contributed by atoms with Gasteiger partial charge in [-0.25, -0.2) is 0 Å². The Morgan fingerprint density at radius 1 is 1.19 bits per heavy atom. The Balaban J connectivity index is 1.68. The van der Waals surface area contributed by atoms with E-state index in [0.29, 0.717) is 0 Å². The van der Waals surface area contributed by atoms with E-state index in [2.05, 4.69) is 15.5 Å². The molecule has 0 aliphatic heterocycles. The van der Waals surface area contributed by atoms with Crippen LogP contribution in [0.25, 0.3) is 5.65 Å². The summed E-state index contributed by atoms with van der Waals surface area (Å²) in [5.41, 5.74) is -0.515. The number of rotatable bonds is 5. The summed E-state index contributed by atoms with van der Waals surface area (Å²) >= 11 is 1.39. The molecule has 1 aromatic carbocycles. The smallest absolute Gasteiger partial charge is 0.348 e. The van der Waals surface area contributed by atoms with Crippen LogP contribution >= 0.6 is 11.8 Å². The Bertz CT molecular complexity index is 911. The first-order chi connectivity index (χ1) is 12.3. The SMILES string of the molecule is CC(Sc1ccccc1)C(=O)NCc1nnc2ccc(C(F)(F)F)cn12. The Morgan fingerprint density at radius 3 is 2.62 bits per heavy atom. The van der Waals surface area contributed by atoms with Crippen LogP contribution in [0.3, 0.4) is 0 Å². The summed E-state index contributed by atoms with van der Waals surface area (Å²) in [4.78, 5) is 13.2. The minimum Gasteiger partial charge on any atom is -0.348 e. The molecule has 3 rings (SSSR count). The zero-order valence-corrected chi connectivity index (χ0v) is 14.5. The Morgan fingerprint density at radius 2 is 1.92 bits per heavy atom. The zero-order valence-electron chi connectivity index (χ0n) is 13.7. The van der Waals surface area contributed by atoms with Crippen molar-refractivity contribution in [3.63, 3.8) is 0 Å². The molecule has 0 radical (unpaired) electrons. The molecule has 9 heteroatoms. The van der Waals surface area contributed by atoms with Crippen LogP contribution in [0.4, 0.5) is 13.2 Å². The van der Waals surface area contributed by atoms with Gasteiger partial charge in [-0.2, -0.15) is 13.2 Å². The number of carbonyl (C=O) groups is 1. The minimum atomic E-state index is -4.46. The van der Waals surface area contributed by atoms with Crippen LogP contribution in [0.15, 0.2) is 53.6 Å². The van der Waals surface area contributed by atoms with E-state index in [1.54, 1.807) is 6.92 Å². The Labute approximate surface area is 151 Å². The maximum atomic E-state index is 12.9. The van der Waals surface area contributed by atoms with Crippen molar-refractivity contribution in [3.05, 3.63) is 60.0 Å². The molecule has 0 aliphatic carbocycles. The lowest BCUT2D eigenvalue weighted by Gasteiger charge is -2.12. The summed E-state index contributed by atoms with van der Waals surface area (Å²) in [7, 11) is 0. The Kier molecular flexibility index (Phi) is 5.17. The maximum Gasteiger partial charge on any atom is 0.417 e. The van der Waals surface area contributed by atoms with Gasteiger partial charge in [0.05, 0.1) is 17.4 Å². The van der Waals surface area contributed by atoms with Gasteiger partial charge in [0, 0.05) is 11.1 Å². The van der Waals surface area contributed by atoms with Crippen molar-refractivity contribution < 1.29 is 18.0 Å². The fourth-order valence-electron chi connectivity index (χ4n) is 2.29. The largest absolute Gasteiger partial charge is 0.417 e. The third-order valence-corrected chi connectivity index (χ3v) is 4.76. The first kappa shape index (κ1) is 18.2. The number of hydrogen-bond acceptors (Lipinski definition) is 4. The van der Waals surface area contributed by atoms with Crippen LogP contribution in [0.5, 0.6) is 0 Å². The summed E-state index contributed by atoms with van der Waals surface area (Å²) in [5, 5.41) is 10.0. The predicted octanol–water partition coefficient (Wildman–Crippen LogP) is 3.55. The standard InChI is InChI=1S/C17H15F3N4OS/c1-11(26-13-5-3-2-4-6-13)16(25)21-9-15-23-22-14-8-7-12(10-24(14)15)17(18,19)20/h2-8,10-11H,9H2,1H3,(H,21,25). The Hall–Kier alpha value is -2.55. The van der Waals surface area contributed by atoms with E-state index in [1.807, 2.05) is 30.3 Å². The average molecular weight is 380 g/mol. The number of pyridine rings is 1. The maximum absolute atomic E-state index is 12.9. The van der Waals surface area contributed by atoms with Gasteiger partial charge in [0.25, 0.3) is 0 Å². The summed E-state index contributed by atoms with van der Waals surface area (Å²) in [6, 6.07) is 11.7. The van der Waals surface area contributed by atoms with Crippen LogP contribution in [-0.4, -0.2) is 25.8 Å². The number of alkyl halides is 3. The monoisotopic (exact) mass is 380 g/mol. The summed E-state index contributed by atoms with van der Waals surface area (Å²) in [6.07, 6.45) is -3.53. The third-order valence-electron chi connectivity index (χ3n) is 3.65. The molecule has 0 saturated carbocycles. The number of hydrogen-bond donors (Lipinski definition) is 1. The van der Waals surface area contributed by atoms with Gasteiger partial charge >= 0.3 is 6.18 Å². The van der Waals surface area contributed by atoms with E-state index in [-0.39, 0.29) is 29.2 Å². The topological polar surface area (TPSA) is 59.3 Å². The van der Waals surface area contributed by atoms with E-state index >= 15 is 0 Å². The van der Waals surface area contributed by atoms with Crippen molar-refractivity contribution in [2.75, 3.05) is 0 Å². The van der Waals surface area contributed by atoms with Gasteiger partial charge in [-0.3, -0.25) is 9.20 Å². The van der Waals surface area contributed by atoms with E-state index < -0.39 is 11.7 Å². The van der Waals surface area contributed by atoms with Gasteiger partial charge in [-0.1, -0.05) is 18.2 Å². The highest BCUT2D eigenvalue weighted by molar-refractivity contribution is 8.00. The molecule has 0 fully saturated rings. The molecule has 1 unspecified atom stereocenters. The van der Waals surface area contributed by atoms with Crippen molar-refractivity contribution in [1.82, 2.24) is 19.9 Å². The highest BCUT2D eigenvalue weighted by Crippen LogP contribution is 2.29. The molecule has 5 nitrogen and oxygen atoms in total. The van der Waals surface area contributed by atoms with Gasteiger partial charge in [0.15, 0.2) is 11.5 Å². The lowest BCUT2D eigenvalue weighted by molar-refractivity contribution is -0.137. The van der Waals surface area contributed by atoms with Gasteiger partial charge in [-0.15, -0.1) is 22.0 Å². The van der Waals surface area contributed by atoms with Crippen LogP contribution in [-0.2, 0) is 17.5 Å².